The highest BCUT2D eigenvalue weighted by molar-refractivity contribution is 5.89. The predicted molar refractivity (Wildman–Crippen MR) is 116 cm³/mol. The quantitative estimate of drug-likeness (QED) is 0.577. The number of methoxy groups -OCH3 is 1. The Labute approximate surface area is 183 Å². The van der Waals surface area contributed by atoms with Crippen molar-refractivity contribution in [2.24, 2.45) is 0 Å². The van der Waals surface area contributed by atoms with E-state index < -0.39 is 6.04 Å². The molecule has 0 spiro atoms. The van der Waals surface area contributed by atoms with Crippen molar-refractivity contribution in [2.45, 2.75) is 51.0 Å². The van der Waals surface area contributed by atoms with Gasteiger partial charge < -0.3 is 25.6 Å². The third-order valence-electron chi connectivity index (χ3n) is 5.52. The Hall–Kier alpha value is -2.65. The van der Waals surface area contributed by atoms with Gasteiger partial charge in [0.15, 0.2) is 0 Å². The lowest BCUT2D eigenvalue weighted by atomic mass is 10.1. The second-order valence-corrected chi connectivity index (χ2v) is 8.58. The number of rotatable bonds is 7. The summed E-state index contributed by atoms with van der Waals surface area (Å²) >= 11 is 0. The molecule has 170 valence electrons. The highest BCUT2D eigenvalue weighted by Crippen LogP contribution is 2.24. The van der Waals surface area contributed by atoms with Gasteiger partial charge in [-0.25, -0.2) is 4.79 Å². The molecule has 9 nitrogen and oxygen atoms in total. The molecule has 2 aliphatic rings. The molecule has 0 radical (unpaired) electrons. The van der Waals surface area contributed by atoms with E-state index in [0.717, 1.165) is 5.56 Å². The lowest BCUT2D eigenvalue weighted by Gasteiger charge is -2.25. The Morgan fingerprint density at radius 2 is 1.87 bits per heavy atom. The van der Waals surface area contributed by atoms with Gasteiger partial charge in [-0.2, -0.15) is 0 Å². The summed E-state index contributed by atoms with van der Waals surface area (Å²) in [6, 6.07) is 9.07. The van der Waals surface area contributed by atoms with Gasteiger partial charge >= 0.3 is 6.03 Å². The van der Waals surface area contributed by atoms with Crippen LogP contribution in [0.1, 0.15) is 25.8 Å². The standard InChI is InChI=1S/C22H33N5O4/c1-15(2)23-22(30)24-17-9-18-12-26(10-16-7-5-4-6-8-16)13-19(21(29)27(18)11-17)25-20(28)14-31-3/h4-8,15,17-19H,9-14H2,1-3H3,(H,25,28)(H2,23,24,30)/t17-,18-,19-/m0/s1. The van der Waals surface area contributed by atoms with Crippen molar-refractivity contribution in [3.05, 3.63) is 35.9 Å². The monoisotopic (exact) mass is 431 g/mol. The molecular formula is C22H33N5O4. The zero-order valence-electron chi connectivity index (χ0n) is 18.5. The van der Waals surface area contributed by atoms with Crippen LogP contribution in [0.5, 0.6) is 0 Å². The van der Waals surface area contributed by atoms with Crippen molar-refractivity contribution in [3.8, 4) is 0 Å². The van der Waals surface area contributed by atoms with Crippen LogP contribution in [0.3, 0.4) is 0 Å². The van der Waals surface area contributed by atoms with Crippen LogP contribution in [-0.2, 0) is 20.9 Å². The maximum atomic E-state index is 13.3. The number of carbonyl (C=O) groups excluding carboxylic acids is 3. The van der Waals surface area contributed by atoms with E-state index in [0.29, 0.717) is 32.6 Å². The number of hydrogen-bond acceptors (Lipinski definition) is 5. The summed E-state index contributed by atoms with van der Waals surface area (Å²) in [5, 5.41) is 8.63. The van der Waals surface area contributed by atoms with Gasteiger partial charge in [0.05, 0.1) is 6.04 Å². The number of nitrogens with zero attached hydrogens (tertiary/aromatic N) is 2. The fourth-order valence-electron chi connectivity index (χ4n) is 4.31. The van der Waals surface area contributed by atoms with E-state index >= 15 is 0 Å². The highest BCUT2D eigenvalue weighted by Gasteiger charge is 2.42. The normalized spacial score (nSPS) is 23.9. The first kappa shape index (κ1) is 23.0. The zero-order valence-corrected chi connectivity index (χ0v) is 18.5. The largest absolute Gasteiger partial charge is 0.375 e. The zero-order chi connectivity index (χ0) is 22.4. The molecule has 2 aliphatic heterocycles. The van der Waals surface area contributed by atoms with Crippen LogP contribution >= 0.6 is 0 Å². The van der Waals surface area contributed by atoms with E-state index in [2.05, 4.69) is 33.0 Å². The van der Waals surface area contributed by atoms with Crippen LogP contribution in [0.25, 0.3) is 0 Å². The van der Waals surface area contributed by atoms with Gasteiger partial charge in [0.2, 0.25) is 11.8 Å². The fraction of sp³-hybridized carbons (Fsp3) is 0.591. The Morgan fingerprint density at radius 1 is 1.13 bits per heavy atom. The number of amides is 4. The molecule has 2 heterocycles. The minimum absolute atomic E-state index is 0.0233. The van der Waals surface area contributed by atoms with Gasteiger partial charge in [0.25, 0.3) is 0 Å². The molecule has 1 aromatic carbocycles. The van der Waals surface area contributed by atoms with E-state index in [1.165, 1.54) is 7.11 Å². The van der Waals surface area contributed by atoms with E-state index in [-0.39, 0.29) is 42.6 Å². The lowest BCUT2D eigenvalue weighted by Crippen LogP contribution is -2.52. The van der Waals surface area contributed by atoms with Crippen molar-refractivity contribution in [2.75, 3.05) is 33.4 Å². The summed E-state index contributed by atoms with van der Waals surface area (Å²) in [5.41, 5.74) is 1.15. The molecule has 0 unspecified atom stereocenters. The van der Waals surface area contributed by atoms with Crippen LogP contribution in [-0.4, -0.2) is 85.2 Å². The summed E-state index contributed by atoms with van der Waals surface area (Å²) in [6.45, 7) is 5.95. The summed E-state index contributed by atoms with van der Waals surface area (Å²) in [7, 11) is 1.45. The van der Waals surface area contributed by atoms with Crippen LogP contribution in [0, 0.1) is 0 Å². The Balaban J connectivity index is 1.73. The molecule has 2 saturated heterocycles. The van der Waals surface area contributed by atoms with Crippen molar-refractivity contribution >= 4 is 17.8 Å². The summed E-state index contributed by atoms with van der Waals surface area (Å²) in [6.07, 6.45) is 0.682. The number of benzene rings is 1. The average Bonchev–Trinajstić information content (AvgIpc) is 3.04. The molecule has 0 aliphatic carbocycles. The van der Waals surface area contributed by atoms with Crippen molar-refractivity contribution in [3.63, 3.8) is 0 Å². The summed E-state index contributed by atoms with van der Waals surface area (Å²) in [4.78, 5) is 41.6. The lowest BCUT2D eigenvalue weighted by molar-refractivity contribution is -0.137. The van der Waals surface area contributed by atoms with Crippen molar-refractivity contribution in [1.82, 2.24) is 25.8 Å². The molecular weight excluding hydrogens is 398 g/mol. The van der Waals surface area contributed by atoms with Gasteiger partial charge in [-0.1, -0.05) is 30.3 Å². The molecule has 31 heavy (non-hydrogen) atoms. The average molecular weight is 432 g/mol. The van der Waals surface area contributed by atoms with Crippen LogP contribution in [0.2, 0.25) is 0 Å². The summed E-state index contributed by atoms with van der Waals surface area (Å²) in [5.74, 6) is -0.428. The first-order valence-corrected chi connectivity index (χ1v) is 10.8. The molecule has 0 bridgehead atoms. The van der Waals surface area contributed by atoms with Crippen LogP contribution in [0.15, 0.2) is 30.3 Å². The molecule has 0 aromatic heterocycles. The second-order valence-electron chi connectivity index (χ2n) is 8.58. The van der Waals surface area contributed by atoms with E-state index in [9.17, 15) is 14.4 Å². The van der Waals surface area contributed by atoms with Gasteiger partial charge in [0, 0.05) is 45.4 Å². The molecule has 3 rings (SSSR count). The van der Waals surface area contributed by atoms with Gasteiger partial charge in [-0.15, -0.1) is 0 Å². The molecule has 3 N–H and O–H groups in total. The summed E-state index contributed by atoms with van der Waals surface area (Å²) < 4.78 is 4.91. The number of urea groups is 1. The number of hydrogen-bond donors (Lipinski definition) is 3. The Kier molecular flexibility index (Phi) is 7.86. The molecule has 3 atom stereocenters. The van der Waals surface area contributed by atoms with E-state index in [1.807, 2.05) is 36.9 Å². The molecule has 1 aromatic rings. The van der Waals surface area contributed by atoms with Crippen molar-refractivity contribution < 1.29 is 19.1 Å². The fourth-order valence-corrected chi connectivity index (χ4v) is 4.31. The number of nitrogens with one attached hydrogen (secondary N) is 3. The number of carbonyl (C=O) groups is 3. The topological polar surface area (TPSA) is 103 Å². The first-order valence-electron chi connectivity index (χ1n) is 10.8. The first-order chi connectivity index (χ1) is 14.9. The Bertz CT molecular complexity index is 772. The number of fused-ring (bicyclic) bond motifs is 1. The maximum absolute atomic E-state index is 13.3. The minimum atomic E-state index is -0.653. The van der Waals surface area contributed by atoms with Crippen molar-refractivity contribution in [1.29, 1.82) is 0 Å². The van der Waals surface area contributed by atoms with Crippen LogP contribution in [0.4, 0.5) is 4.79 Å². The molecule has 4 amide bonds. The highest BCUT2D eigenvalue weighted by atomic mass is 16.5. The molecule has 0 saturated carbocycles. The second kappa shape index (κ2) is 10.6. The van der Waals surface area contributed by atoms with Gasteiger partial charge in [0.1, 0.15) is 12.6 Å². The van der Waals surface area contributed by atoms with E-state index in [4.69, 9.17) is 4.74 Å². The Morgan fingerprint density at radius 3 is 2.55 bits per heavy atom. The smallest absolute Gasteiger partial charge is 0.315 e. The molecule has 9 heteroatoms. The van der Waals surface area contributed by atoms with E-state index in [1.54, 1.807) is 0 Å². The third-order valence-corrected chi connectivity index (χ3v) is 5.52. The predicted octanol–water partition coefficient (Wildman–Crippen LogP) is 0.311. The number of ether oxygens (including phenoxy) is 1. The minimum Gasteiger partial charge on any atom is -0.375 e. The van der Waals surface area contributed by atoms with Crippen LogP contribution < -0.4 is 16.0 Å². The van der Waals surface area contributed by atoms with Gasteiger partial charge in [-0.3, -0.25) is 14.5 Å². The SMILES string of the molecule is COCC(=O)N[C@H]1CN(Cc2ccccc2)C[C@@H]2C[C@H](NC(=O)NC(C)C)CN2C1=O. The third kappa shape index (κ3) is 6.41. The molecule has 2 fully saturated rings. The van der Waals surface area contributed by atoms with Gasteiger partial charge in [-0.05, 0) is 25.8 Å². The maximum Gasteiger partial charge on any atom is 0.315 e.